The van der Waals surface area contributed by atoms with Crippen LogP contribution in [0.2, 0.25) is 0 Å². The van der Waals surface area contributed by atoms with Crippen molar-refractivity contribution < 1.29 is 28.5 Å². The van der Waals surface area contributed by atoms with Gasteiger partial charge in [0.05, 0.1) is 25.3 Å². The van der Waals surface area contributed by atoms with Crippen LogP contribution >= 0.6 is 0 Å². The van der Waals surface area contributed by atoms with E-state index in [1.165, 1.54) is 25.8 Å². The van der Waals surface area contributed by atoms with Crippen LogP contribution in [0.15, 0.2) is 66.4 Å². The summed E-state index contributed by atoms with van der Waals surface area (Å²) in [6.07, 6.45) is 1.71. The molecular formula is C27H24O6. The first kappa shape index (κ1) is 22.1. The normalized spacial score (nSPS) is 13.6. The topological polar surface area (TPSA) is 71.1 Å². The molecule has 168 valence electrons. The lowest BCUT2D eigenvalue weighted by atomic mass is 10.0. The summed E-state index contributed by atoms with van der Waals surface area (Å²) in [5.41, 5.74) is 2.78. The number of rotatable bonds is 6. The standard InChI is InChI=1S/C27H24O6/c1-16(2)18-7-5-17(6-8-18)11-25-26(28)23-10-9-20(15-24(23)33-25)32-27(29)19-12-21(30-3)14-22(13-19)31-4/h5-16H,1-4H3/b25-11-. The van der Waals surface area contributed by atoms with E-state index in [-0.39, 0.29) is 22.9 Å². The zero-order valence-corrected chi connectivity index (χ0v) is 18.9. The summed E-state index contributed by atoms with van der Waals surface area (Å²) in [7, 11) is 3.00. The number of fused-ring (bicyclic) bond motifs is 1. The second kappa shape index (κ2) is 9.20. The van der Waals surface area contributed by atoms with Crippen molar-refractivity contribution in [3.8, 4) is 23.0 Å². The molecule has 0 spiro atoms. The van der Waals surface area contributed by atoms with Crippen molar-refractivity contribution in [2.45, 2.75) is 19.8 Å². The number of benzene rings is 3. The van der Waals surface area contributed by atoms with Gasteiger partial charge in [-0.3, -0.25) is 4.79 Å². The van der Waals surface area contributed by atoms with Crippen LogP contribution < -0.4 is 18.9 Å². The molecule has 0 aromatic heterocycles. The van der Waals surface area contributed by atoms with Crippen molar-refractivity contribution in [2.75, 3.05) is 14.2 Å². The van der Waals surface area contributed by atoms with Crippen molar-refractivity contribution in [3.05, 3.63) is 88.7 Å². The van der Waals surface area contributed by atoms with Crippen molar-refractivity contribution in [2.24, 2.45) is 0 Å². The van der Waals surface area contributed by atoms with Gasteiger partial charge in [-0.15, -0.1) is 0 Å². The molecule has 1 heterocycles. The van der Waals surface area contributed by atoms with Crippen LogP contribution in [0, 0.1) is 0 Å². The molecule has 1 aliphatic rings. The number of allylic oxidation sites excluding steroid dienone is 1. The van der Waals surface area contributed by atoms with Crippen LogP contribution in [0.25, 0.3) is 6.08 Å². The van der Waals surface area contributed by atoms with E-state index in [2.05, 4.69) is 13.8 Å². The fraction of sp³-hybridized carbons (Fsp3) is 0.185. The highest BCUT2D eigenvalue weighted by atomic mass is 16.5. The van der Waals surface area contributed by atoms with E-state index >= 15 is 0 Å². The Hall–Kier alpha value is -4.06. The van der Waals surface area contributed by atoms with Gasteiger partial charge in [0, 0.05) is 12.1 Å². The third-order valence-corrected chi connectivity index (χ3v) is 5.34. The fourth-order valence-electron chi connectivity index (χ4n) is 3.45. The molecule has 1 aliphatic heterocycles. The van der Waals surface area contributed by atoms with E-state index in [0.29, 0.717) is 28.7 Å². The molecule has 4 rings (SSSR count). The number of Topliss-reactive ketones (excluding diaryl/α,β-unsaturated/α-hetero) is 1. The molecule has 0 amide bonds. The molecule has 6 heteroatoms. The summed E-state index contributed by atoms with van der Waals surface area (Å²) >= 11 is 0. The third kappa shape index (κ3) is 4.75. The number of ketones is 1. The first-order valence-electron chi connectivity index (χ1n) is 10.5. The number of hydrogen-bond donors (Lipinski definition) is 0. The van der Waals surface area contributed by atoms with Gasteiger partial charge < -0.3 is 18.9 Å². The summed E-state index contributed by atoms with van der Waals surface area (Å²) in [6.45, 7) is 4.26. The fourth-order valence-corrected chi connectivity index (χ4v) is 3.45. The Morgan fingerprint density at radius 2 is 1.55 bits per heavy atom. The van der Waals surface area contributed by atoms with Gasteiger partial charge in [-0.2, -0.15) is 0 Å². The Labute approximate surface area is 192 Å². The van der Waals surface area contributed by atoms with Crippen LogP contribution in [0.5, 0.6) is 23.0 Å². The summed E-state index contributed by atoms with van der Waals surface area (Å²) < 4.78 is 21.7. The second-order valence-corrected chi connectivity index (χ2v) is 7.91. The average molecular weight is 444 g/mol. The number of esters is 1. The van der Waals surface area contributed by atoms with Crippen molar-refractivity contribution >= 4 is 17.8 Å². The van der Waals surface area contributed by atoms with E-state index in [4.69, 9.17) is 18.9 Å². The van der Waals surface area contributed by atoms with E-state index in [1.54, 1.807) is 36.4 Å². The zero-order chi connectivity index (χ0) is 23.5. The highest BCUT2D eigenvalue weighted by molar-refractivity contribution is 6.14. The van der Waals surface area contributed by atoms with Crippen LogP contribution in [0.1, 0.15) is 51.6 Å². The predicted molar refractivity (Wildman–Crippen MR) is 124 cm³/mol. The molecule has 3 aromatic carbocycles. The van der Waals surface area contributed by atoms with Gasteiger partial charge in [-0.1, -0.05) is 38.1 Å². The Kier molecular flexibility index (Phi) is 6.18. The lowest BCUT2D eigenvalue weighted by Crippen LogP contribution is -2.09. The molecule has 0 radical (unpaired) electrons. The monoisotopic (exact) mass is 444 g/mol. The number of carbonyl (C=O) groups is 2. The highest BCUT2D eigenvalue weighted by Gasteiger charge is 2.28. The molecule has 0 saturated carbocycles. The maximum atomic E-state index is 12.7. The third-order valence-electron chi connectivity index (χ3n) is 5.34. The molecule has 0 unspecified atom stereocenters. The van der Waals surface area contributed by atoms with Gasteiger partial charge in [-0.05, 0) is 47.4 Å². The number of hydrogen-bond acceptors (Lipinski definition) is 6. The van der Waals surface area contributed by atoms with Gasteiger partial charge in [0.15, 0.2) is 5.76 Å². The Morgan fingerprint density at radius 1 is 0.879 bits per heavy atom. The molecule has 6 nitrogen and oxygen atoms in total. The number of carbonyl (C=O) groups excluding carboxylic acids is 2. The van der Waals surface area contributed by atoms with Gasteiger partial charge in [-0.25, -0.2) is 4.79 Å². The Bertz CT molecular complexity index is 1220. The largest absolute Gasteiger partial charge is 0.497 e. The minimum atomic E-state index is -0.586. The van der Waals surface area contributed by atoms with Crippen molar-refractivity contribution in [1.29, 1.82) is 0 Å². The van der Waals surface area contributed by atoms with E-state index < -0.39 is 5.97 Å². The van der Waals surface area contributed by atoms with Gasteiger partial charge in [0.25, 0.3) is 0 Å². The zero-order valence-electron chi connectivity index (χ0n) is 18.9. The summed E-state index contributed by atoms with van der Waals surface area (Å²) in [5.74, 6) is 1.41. The van der Waals surface area contributed by atoms with E-state index in [9.17, 15) is 9.59 Å². The smallest absolute Gasteiger partial charge is 0.343 e. The van der Waals surface area contributed by atoms with E-state index in [1.807, 2.05) is 24.3 Å². The summed E-state index contributed by atoms with van der Waals surface area (Å²) in [6, 6.07) is 17.5. The maximum absolute atomic E-state index is 12.7. The van der Waals surface area contributed by atoms with Crippen LogP contribution in [-0.4, -0.2) is 26.0 Å². The molecule has 3 aromatic rings. The Morgan fingerprint density at radius 3 is 2.15 bits per heavy atom. The lowest BCUT2D eigenvalue weighted by Gasteiger charge is -2.09. The van der Waals surface area contributed by atoms with Gasteiger partial charge in [0.2, 0.25) is 5.78 Å². The second-order valence-electron chi connectivity index (χ2n) is 7.91. The minimum absolute atomic E-state index is 0.214. The minimum Gasteiger partial charge on any atom is -0.497 e. The van der Waals surface area contributed by atoms with Crippen LogP contribution in [0.3, 0.4) is 0 Å². The van der Waals surface area contributed by atoms with E-state index in [0.717, 1.165) is 5.56 Å². The molecule has 0 aliphatic carbocycles. The molecule has 0 fully saturated rings. The van der Waals surface area contributed by atoms with Crippen LogP contribution in [-0.2, 0) is 0 Å². The molecule has 33 heavy (non-hydrogen) atoms. The first-order chi connectivity index (χ1) is 15.9. The number of methoxy groups -OCH3 is 2. The molecule has 0 N–H and O–H groups in total. The average Bonchev–Trinajstić information content (AvgIpc) is 3.13. The molecule has 0 bridgehead atoms. The SMILES string of the molecule is COc1cc(OC)cc(C(=O)Oc2ccc3c(c2)O/C(=C\c2ccc(C(C)C)cc2)C3=O)c1. The lowest BCUT2D eigenvalue weighted by molar-refractivity contribution is 0.0733. The van der Waals surface area contributed by atoms with Gasteiger partial charge in [0.1, 0.15) is 23.0 Å². The van der Waals surface area contributed by atoms with Crippen molar-refractivity contribution in [3.63, 3.8) is 0 Å². The molecule has 0 atom stereocenters. The van der Waals surface area contributed by atoms with Crippen LogP contribution in [0.4, 0.5) is 0 Å². The number of ether oxygens (including phenoxy) is 4. The maximum Gasteiger partial charge on any atom is 0.343 e. The van der Waals surface area contributed by atoms with Gasteiger partial charge >= 0.3 is 5.97 Å². The van der Waals surface area contributed by atoms with Crippen molar-refractivity contribution in [1.82, 2.24) is 0 Å². The highest BCUT2D eigenvalue weighted by Crippen LogP contribution is 2.35. The first-order valence-corrected chi connectivity index (χ1v) is 10.5. The summed E-state index contributed by atoms with van der Waals surface area (Å²) in [4.78, 5) is 25.4. The predicted octanol–water partition coefficient (Wildman–Crippen LogP) is 5.66. The molecule has 0 saturated heterocycles. The quantitative estimate of drug-likeness (QED) is 0.277. The molecular weight excluding hydrogens is 420 g/mol. The Balaban J connectivity index is 1.53. The summed E-state index contributed by atoms with van der Waals surface area (Å²) in [5, 5.41) is 0.